The molecule has 0 atom stereocenters. The molecule has 5 heteroatoms. The molecule has 2 aromatic carbocycles. The number of nitrogens with one attached hydrogen (secondary N) is 1. The average molecular weight is 348 g/mol. The van der Waals surface area contributed by atoms with Gasteiger partial charge in [-0.05, 0) is 36.0 Å². The van der Waals surface area contributed by atoms with Crippen LogP contribution in [0.25, 0.3) is 0 Å². The molecular formula is C15H14BrN3S. The first-order valence-electron chi connectivity index (χ1n) is 6.04. The molecule has 0 aliphatic carbocycles. The lowest BCUT2D eigenvalue weighted by atomic mass is 10.2. The third kappa shape index (κ3) is 4.43. The van der Waals surface area contributed by atoms with Crippen molar-refractivity contribution in [3.05, 3.63) is 64.6 Å². The van der Waals surface area contributed by atoms with E-state index in [1.54, 1.807) is 11.2 Å². The highest BCUT2D eigenvalue weighted by molar-refractivity contribution is 9.10. The van der Waals surface area contributed by atoms with Gasteiger partial charge in [0.2, 0.25) is 0 Å². The van der Waals surface area contributed by atoms with Crippen LogP contribution in [0.1, 0.15) is 5.56 Å². The van der Waals surface area contributed by atoms with Crippen LogP contribution < -0.4 is 5.32 Å². The summed E-state index contributed by atoms with van der Waals surface area (Å²) >= 11 is 8.73. The van der Waals surface area contributed by atoms with E-state index in [2.05, 4.69) is 26.3 Å². The van der Waals surface area contributed by atoms with Crippen molar-refractivity contribution in [3.8, 4) is 0 Å². The molecule has 0 unspecified atom stereocenters. The third-order valence-corrected chi connectivity index (χ3v) is 3.41. The van der Waals surface area contributed by atoms with E-state index in [1.165, 1.54) is 0 Å². The summed E-state index contributed by atoms with van der Waals surface area (Å²) in [5, 5.41) is 9.60. The highest BCUT2D eigenvalue weighted by Crippen LogP contribution is 2.15. The molecule has 0 fully saturated rings. The molecular weight excluding hydrogens is 334 g/mol. The van der Waals surface area contributed by atoms with Gasteiger partial charge in [-0.1, -0.05) is 52.3 Å². The lowest BCUT2D eigenvalue weighted by Gasteiger charge is -2.15. The smallest absolute Gasteiger partial charge is 0.193 e. The van der Waals surface area contributed by atoms with Crippen LogP contribution in [0.4, 0.5) is 5.69 Å². The zero-order chi connectivity index (χ0) is 14.4. The van der Waals surface area contributed by atoms with Gasteiger partial charge >= 0.3 is 0 Å². The second kappa shape index (κ2) is 7.17. The first-order chi connectivity index (χ1) is 9.65. The quantitative estimate of drug-likeness (QED) is 0.514. The summed E-state index contributed by atoms with van der Waals surface area (Å²) in [6.45, 7) is 0. The molecule has 0 amide bonds. The van der Waals surface area contributed by atoms with Crippen LogP contribution in [0.5, 0.6) is 0 Å². The summed E-state index contributed by atoms with van der Waals surface area (Å²) in [5.41, 5.74) is 1.95. The second-order valence-corrected chi connectivity index (χ2v) is 5.42. The van der Waals surface area contributed by atoms with Gasteiger partial charge in [-0.15, -0.1) is 0 Å². The molecule has 2 rings (SSSR count). The minimum absolute atomic E-state index is 0.537. The Hall–Kier alpha value is -1.72. The van der Waals surface area contributed by atoms with Crippen molar-refractivity contribution in [2.45, 2.75) is 0 Å². The van der Waals surface area contributed by atoms with E-state index < -0.39 is 0 Å². The summed E-state index contributed by atoms with van der Waals surface area (Å²) in [6.07, 6.45) is 1.77. The Morgan fingerprint density at radius 2 is 1.95 bits per heavy atom. The first-order valence-corrected chi connectivity index (χ1v) is 7.24. The normalized spacial score (nSPS) is 10.5. The maximum absolute atomic E-state index is 5.30. The van der Waals surface area contributed by atoms with Crippen LogP contribution in [0.2, 0.25) is 0 Å². The van der Waals surface area contributed by atoms with Crippen LogP contribution in [0.3, 0.4) is 0 Å². The molecule has 0 heterocycles. The van der Waals surface area contributed by atoms with E-state index in [0.29, 0.717) is 5.11 Å². The van der Waals surface area contributed by atoms with Gasteiger partial charge in [-0.3, -0.25) is 0 Å². The van der Waals surface area contributed by atoms with Crippen molar-refractivity contribution in [2.24, 2.45) is 5.10 Å². The monoisotopic (exact) mass is 347 g/mol. The summed E-state index contributed by atoms with van der Waals surface area (Å²) in [6, 6.07) is 17.7. The van der Waals surface area contributed by atoms with Gasteiger partial charge in [0.1, 0.15) is 0 Å². The second-order valence-electron chi connectivity index (χ2n) is 4.12. The molecule has 1 N–H and O–H groups in total. The number of hydrogen-bond acceptors (Lipinski definition) is 2. The molecule has 0 aliphatic rings. The van der Waals surface area contributed by atoms with Crippen molar-refractivity contribution in [2.75, 3.05) is 12.4 Å². The van der Waals surface area contributed by atoms with Gasteiger partial charge in [0, 0.05) is 17.2 Å². The molecule has 0 saturated heterocycles. The lowest BCUT2D eigenvalue weighted by molar-refractivity contribution is 0.557. The van der Waals surface area contributed by atoms with Crippen molar-refractivity contribution < 1.29 is 0 Å². The zero-order valence-corrected chi connectivity index (χ0v) is 13.4. The van der Waals surface area contributed by atoms with Crippen LogP contribution in [-0.2, 0) is 0 Å². The Balaban J connectivity index is 1.97. The van der Waals surface area contributed by atoms with Gasteiger partial charge < -0.3 is 5.32 Å². The highest BCUT2D eigenvalue weighted by atomic mass is 79.9. The van der Waals surface area contributed by atoms with E-state index >= 15 is 0 Å². The van der Waals surface area contributed by atoms with E-state index in [-0.39, 0.29) is 0 Å². The van der Waals surface area contributed by atoms with E-state index in [9.17, 15) is 0 Å². The Kier molecular flexibility index (Phi) is 5.26. The number of thiocarbonyl (C=S) groups is 1. The summed E-state index contributed by atoms with van der Waals surface area (Å²) in [7, 11) is 1.81. The maximum Gasteiger partial charge on any atom is 0.193 e. The van der Waals surface area contributed by atoms with Gasteiger partial charge in [0.15, 0.2) is 5.11 Å². The van der Waals surface area contributed by atoms with Gasteiger partial charge in [-0.25, -0.2) is 5.01 Å². The van der Waals surface area contributed by atoms with Gasteiger partial charge in [0.25, 0.3) is 0 Å². The fraction of sp³-hybridized carbons (Fsp3) is 0.0667. The van der Waals surface area contributed by atoms with Gasteiger partial charge in [0.05, 0.1) is 6.21 Å². The summed E-state index contributed by atoms with van der Waals surface area (Å²) in [4.78, 5) is 0. The zero-order valence-electron chi connectivity index (χ0n) is 11.0. The number of rotatable bonds is 3. The first kappa shape index (κ1) is 14.7. The van der Waals surface area contributed by atoms with Crippen LogP contribution >= 0.6 is 28.1 Å². The Morgan fingerprint density at radius 1 is 1.20 bits per heavy atom. The number of halogens is 1. The fourth-order valence-corrected chi connectivity index (χ4v) is 2.08. The van der Waals surface area contributed by atoms with E-state index in [4.69, 9.17) is 12.2 Å². The number of benzene rings is 2. The standard InChI is InChI=1S/C15H14BrN3S/c1-19(17-11-12-6-3-2-4-7-12)15(20)18-14-9-5-8-13(16)10-14/h2-11H,1H3,(H,18,20)/b17-11+. The minimum Gasteiger partial charge on any atom is -0.331 e. The number of hydrogen-bond donors (Lipinski definition) is 1. The molecule has 0 aromatic heterocycles. The summed E-state index contributed by atoms with van der Waals surface area (Å²) < 4.78 is 1.00. The molecule has 20 heavy (non-hydrogen) atoms. The molecule has 0 aliphatic heterocycles. The van der Waals surface area contributed by atoms with E-state index in [0.717, 1.165) is 15.7 Å². The number of anilines is 1. The maximum atomic E-state index is 5.30. The number of hydrazone groups is 1. The van der Waals surface area contributed by atoms with E-state index in [1.807, 2.05) is 61.6 Å². The molecule has 2 aromatic rings. The average Bonchev–Trinajstić information content (AvgIpc) is 2.46. The Labute approximate surface area is 132 Å². The predicted molar refractivity (Wildman–Crippen MR) is 92.2 cm³/mol. The van der Waals surface area contributed by atoms with Crippen molar-refractivity contribution in [1.82, 2.24) is 5.01 Å². The predicted octanol–water partition coefficient (Wildman–Crippen LogP) is 4.11. The van der Waals surface area contributed by atoms with Crippen LogP contribution in [0, 0.1) is 0 Å². The fourth-order valence-electron chi connectivity index (χ4n) is 1.52. The lowest BCUT2D eigenvalue weighted by Crippen LogP contribution is -2.26. The Morgan fingerprint density at radius 3 is 2.65 bits per heavy atom. The van der Waals surface area contributed by atoms with Crippen molar-refractivity contribution in [3.63, 3.8) is 0 Å². The molecule has 102 valence electrons. The van der Waals surface area contributed by atoms with Gasteiger partial charge in [-0.2, -0.15) is 5.10 Å². The SMILES string of the molecule is CN(/N=C/c1ccccc1)C(=S)Nc1cccc(Br)c1. The topological polar surface area (TPSA) is 27.6 Å². The highest BCUT2D eigenvalue weighted by Gasteiger charge is 2.02. The van der Waals surface area contributed by atoms with Crippen LogP contribution in [-0.4, -0.2) is 23.4 Å². The van der Waals surface area contributed by atoms with Crippen molar-refractivity contribution in [1.29, 1.82) is 0 Å². The molecule has 0 saturated carbocycles. The minimum atomic E-state index is 0.537. The summed E-state index contributed by atoms with van der Waals surface area (Å²) in [5.74, 6) is 0. The molecule has 0 radical (unpaired) electrons. The number of nitrogens with zero attached hydrogens (tertiary/aromatic N) is 2. The van der Waals surface area contributed by atoms with Crippen molar-refractivity contribution >= 4 is 45.2 Å². The largest absolute Gasteiger partial charge is 0.331 e. The Bertz CT molecular complexity index is 614. The molecule has 0 spiro atoms. The third-order valence-electron chi connectivity index (χ3n) is 2.55. The van der Waals surface area contributed by atoms with Crippen LogP contribution in [0.15, 0.2) is 64.2 Å². The molecule has 3 nitrogen and oxygen atoms in total. The molecule has 0 bridgehead atoms.